The number of benzene rings is 2. The molecule has 0 radical (unpaired) electrons. The third-order valence-electron chi connectivity index (χ3n) is 4.96. The lowest BCUT2D eigenvalue weighted by Gasteiger charge is -2.21. The largest absolute Gasteiger partial charge is 0.416 e. The van der Waals surface area contributed by atoms with Crippen LogP contribution >= 0.6 is 0 Å². The first-order valence-corrected chi connectivity index (χ1v) is 10.6. The number of nitrogens with zero attached hydrogens (tertiary/aromatic N) is 4. The molecule has 8 nitrogen and oxygen atoms in total. The van der Waals surface area contributed by atoms with Crippen molar-refractivity contribution in [1.82, 2.24) is 19.7 Å². The van der Waals surface area contributed by atoms with Gasteiger partial charge in [0.2, 0.25) is 11.8 Å². The first kappa shape index (κ1) is 24.9. The van der Waals surface area contributed by atoms with E-state index in [0.717, 1.165) is 17.7 Å². The number of halogens is 3. The van der Waals surface area contributed by atoms with E-state index in [2.05, 4.69) is 20.7 Å². The number of alkyl halides is 3. The third-order valence-corrected chi connectivity index (χ3v) is 4.96. The molecule has 3 aromatic rings. The molecule has 3 rings (SSSR count). The minimum absolute atomic E-state index is 0.0475. The van der Waals surface area contributed by atoms with Gasteiger partial charge in [0.25, 0.3) is 0 Å². The van der Waals surface area contributed by atoms with Gasteiger partial charge in [0, 0.05) is 5.69 Å². The quantitative estimate of drug-likeness (QED) is 0.491. The van der Waals surface area contributed by atoms with Crippen LogP contribution in [0.4, 0.5) is 24.5 Å². The third kappa shape index (κ3) is 6.64. The van der Waals surface area contributed by atoms with Crippen molar-refractivity contribution in [2.45, 2.75) is 26.4 Å². The zero-order valence-electron chi connectivity index (χ0n) is 18.8. The Morgan fingerprint density at radius 3 is 2.29 bits per heavy atom. The number of para-hydroxylation sites is 1. The van der Waals surface area contributed by atoms with Crippen LogP contribution in [0.5, 0.6) is 0 Å². The van der Waals surface area contributed by atoms with Gasteiger partial charge in [-0.3, -0.25) is 14.5 Å². The first-order chi connectivity index (χ1) is 16.2. The maximum absolute atomic E-state index is 13.2. The molecular weight excluding hydrogens is 449 g/mol. The van der Waals surface area contributed by atoms with Crippen molar-refractivity contribution >= 4 is 23.2 Å². The van der Waals surface area contributed by atoms with Gasteiger partial charge in [-0.05, 0) is 49.7 Å². The van der Waals surface area contributed by atoms with E-state index in [1.54, 1.807) is 11.0 Å². The highest BCUT2D eigenvalue weighted by Gasteiger charge is 2.31. The van der Waals surface area contributed by atoms with Crippen LogP contribution in [-0.4, -0.2) is 51.1 Å². The minimum Gasteiger partial charge on any atom is -0.325 e. The summed E-state index contributed by atoms with van der Waals surface area (Å²) in [7, 11) is 0. The van der Waals surface area contributed by atoms with Gasteiger partial charge in [-0.15, -0.1) is 0 Å². The van der Waals surface area contributed by atoms with E-state index in [9.17, 15) is 22.8 Å². The molecule has 2 N–H and O–H groups in total. The number of nitrogens with one attached hydrogen (secondary N) is 2. The smallest absolute Gasteiger partial charge is 0.325 e. The molecule has 0 atom stereocenters. The molecule has 0 bridgehead atoms. The molecule has 1 heterocycles. The van der Waals surface area contributed by atoms with Gasteiger partial charge < -0.3 is 10.6 Å². The summed E-state index contributed by atoms with van der Waals surface area (Å²) in [5.74, 6) is -0.851. The van der Waals surface area contributed by atoms with E-state index in [1.165, 1.54) is 23.4 Å². The molecule has 0 aliphatic carbocycles. The molecule has 34 heavy (non-hydrogen) atoms. The number of carbonyl (C=O) groups is 2. The van der Waals surface area contributed by atoms with Crippen molar-refractivity contribution in [3.05, 3.63) is 66.2 Å². The lowest BCUT2D eigenvalue weighted by atomic mass is 10.1. The highest BCUT2D eigenvalue weighted by molar-refractivity contribution is 5.96. The summed E-state index contributed by atoms with van der Waals surface area (Å²) >= 11 is 0. The predicted octanol–water partition coefficient (Wildman–Crippen LogP) is 3.88. The molecule has 0 aliphatic heterocycles. The zero-order valence-corrected chi connectivity index (χ0v) is 18.8. The Hall–Kier alpha value is -3.73. The lowest BCUT2D eigenvalue weighted by Crippen LogP contribution is -2.39. The minimum atomic E-state index is -4.58. The average Bonchev–Trinajstić information content (AvgIpc) is 3.29. The topological polar surface area (TPSA) is 92.2 Å². The molecule has 0 spiro atoms. The molecule has 180 valence electrons. The Morgan fingerprint density at radius 2 is 1.71 bits per heavy atom. The summed E-state index contributed by atoms with van der Waals surface area (Å²) in [4.78, 5) is 30.7. The molecule has 11 heteroatoms. The molecule has 2 amide bonds. The maximum atomic E-state index is 13.2. The van der Waals surface area contributed by atoms with E-state index in [0.29, 0.717) is 18.7 Å². The molecule has 0 saturated heterocycles. The van der Waals surface area contributed by atoms with Crippen LogP contribution in [0, 0.1) is 6.92 Å². The molecule has 0 saturated carbocycles. The van der Waals surface area contributed by atoms with Gasteiger partial charge in [-0.2, -0.15) is 18.3 Å². The van der Waals surface area contributed by atoms with Crippen molar-refractivity contribution in [2.24, 2.45) is 0 Å². The average molecular weight is 474 g/mol. The van der Waals surface area contributed by atoms with Gasteiger partial charge in [-0.25, -0.2) is 9.67 Å². The van der Waals surface area contributed by atoms with Crippen molar-refractivity contribution < 1.29 is 22.8 Å². The number of carbonyl (C=O) groups excluding carboxylic acids is 2. The standard InChI is InChI=1S/C23H25F3N6O2/c1-3-10-31(12-21(33)29-18-7-5-4-6-16(18)2)13-22(34)30-19-11-17(23(24,25)26)8-9-20(19)32-15-27-14-28-32/h4-9,11,14-15H,3,10,12-13H2,1-2H3,(H,29,33)(H,30,34). The Labute approximate surface area is 194 Å². The summed E-state index contributed by atoms with van der Waals surface area (Å²) < 4.78 is 41.0. The van der Waals surface area contributed by atoms with Gasteiger partial charge in [-0.1, -0.05) is 25.1 Å². The highest BCUT2D eigenvalue weighted by Crippen LogP contribution is 2.33. The van der Waals surface area contributed by atoms with Crippen LogP contribution in [-0.2, 0) is 15.8 Å². The Balaban J connectivity index is 1.73. The van der Waals surface area contributed by atoms with Crippen LogP contribution in [0.15, 0.2) is 55.1 Å². The number of aryl methyl sites for hydroxylation is 1. The molecule has 0 fully saturated rings. The fourth-order valence-electron chi connectivity index (χ4n) is 3.37. The second-order valence-electron chi connectivity index (χ2n) is 7.69. The second kappa shape index (κ2) is 10.9. The molecule has 1 aromatic heterocycles. The van der Waals surface area contributed by atoms with Crippen LogP contribution in [0.2, 0.25) is 0 Å². The highest BCUT2D eigenvalue weighted by atomic mass is 19.4. The normalized spacial score (nSPS) is 11.5. The molecule has 2 aromatic carbocycles. The second-order valence-corrected chi connectivity index (χ2v) is 7.69. The van der Waals surface area contributed by atoms with Crippen molar-refractivity contribution in [3.8, 4) is 5.69 Å². The SMILES string of the molecule is CCCN(CC(=O)Nc1ccccc1C)CC(=O)Nc1cc(C(F)(F)F)ccc1-n1cncn1. The Morgan fingerprint density at radius 1 is 1.03 bits per heavy atom. The molecule has 0 unspecified atom stereocenters. The number of anilines is 2. The predicted molar refractivity (Wildman–Crippen MR) is 122 cm³/mol. The molecular formula is C23H25F3N6O2. The number of amides is 2. The van der Waals surface area contributed by atoms with Gasteiger partial charge >= 0.3 is 6.18 Å². The van der Waals surface area contributed by atoms with Crippen LogP contribution in [0.3, 0.4) is 0 Å². The van der Waals surface area contributed by atoms with Crippen molar-refractivity contribution in [3.63, 3.8) is 0 Å². The fraction of sp³-hybridized carbons (Fsp3) is 0.304. The number of hydrogen-bond acceptors (Lipinski definition) is 5. The van der Waals surface area contributed by atoms with Gasteiger partial charge in [0.1, 0.15) is 12.7 Å². The van der Waals surface area contributed by atoms with E-state index in [-0.39, 0.29) is 30.4 Å². The summed E-state index contributed by atoms with van der Waals surface area (Å²) in [5.41, 5.74) is 0.842. The summed E-state index contributed by atoms with van der Waals surface area (Å²) in [6.45, 7) is 4.00. The van der Waals surface area contributed by atoms with Crippen LogP contribution < -0.4 is 10.6 Å². The monoisotopic (exact) mass is 474 g/mol. The van der Waals surface area contributed by atoms with Crippen molar-refractivity contribution in [2.75, 3.05) is 30.3 Å². The number of aromatic nitrogens is 3. The Kier molecular flexibility index (Phi) is 8.00. The van der Waals surface area contributed by atoms with E-state index in [4.69, 9.17) is 0 Å². The van der Waals surface area contributed by atoms with Crippen molar-refractivity contribution in [1.29, 1.82) is 0 Å². The maximum Gasteiger partial charge on any atom is 0.416 e. The first-order valence-electron chi connectivity index (χ1n) is 10.6. The van der Waals surface area contributed by atoms with Gasteiger partial charge in [0.15, 0.2) is 0 Å². The van der Waals surface area contributed by atoms with Crippen LogP contribution in [0.25, 0.3) is 5.69 Å². The summed E-state index contributed by atoms with van der Waals surface area (Å²) in [6, 6.07) is 10.3. The van der Waals surface area contributed by atoms with E-state index >= 15 is 0 Å². The number of rotatable bonds is 9. The summed E-state index contributed by atoms with van der Waals surface area (Å²) in [5, 5.41) is 9.28. The van der Waals surface area contributed by atoms with E-state index in [1.807, 2.05) is 32.0 Å². The zero-order chi connectivity index (χ0) is 24.7. The Bertz CT molecular complexity index is 1130. The lowest BCUT2D eigenvalue weighted by molar-refractivity contribution is -0.137. The molecule has 0 aliphatic rings. The number of hydrogen-bond donors (Lipinski definition) is 2. The summed E-state index contributed by atoms with van der Waals surface area (Å²) in [6.07, 6.45) is -1.35. The van der Waals surface area contributed by atoms with Gasteiger partial charge in [0.05, 0.1) is 30.0 Å². The van der Waals surface area contributed by atoms with Crippen LogP contribution in [0.1, 0.15) is 24.5 Å². The van der Waals surface area contributed by atoms with E-state index < -0.39 is 17.6 Å². The fourth-order valence-corrected chi connectivity index (χ4v) is 3.37.